The third kappa shape index (κ3) is 3.36. The molecule has 20 heavy (non-hydrogen) atoms. The molecule has 0 aliphatic rings. The van der Waals surface area contributed by atoms with Crippen LogP contribution in [0.15, 0.2) is 35.7 Å². The SMILES string of the molecule is CC(Sc1ncnn1C)C(=O)Nc1ccc(C#N)cc1. The second-order valence-electron chi connectivity index (χ2n) is 4.10. The summed E-state index contributed by atoms with van der Waals surface area (Å²) in [7, 11) is 1.78. The number of anilines is 1. The van der Waals surface area contributed by atoms with E-state index in [1.54, 1.807) is 42.9 Å². The molecule has 0 saturated carbocycles. The summed E-state index contributed by atoms with van der Waals surface area (Å²) in [6.07, 6.45) is 1.45. The molecule has 1 aromatic heterocycles. The van der Waals surface area contributed by atoms with Gasteiger partial charge in [0.15, 0.2) is 5.16 Å². The van der Waals surface area contributed by atoms with E-state index in [9.17, 15) is 4.79 Å². The van der Waals surface area contributed by atoms with E-state index in [0.29, 0.717) is 16.4 Å². The van der Waals surface area contributed by atoms with Crippen LogP contribution in [-0.2, 0) is 11.8 Å². The van der Waals surface area contributed by atoms with Crippen molar-refractivity contribution in [2.75, 3.05) is 5.32 Å². The molecule has 0 fully saturated rings. The lowest BCUT2D eigenvalue weighted by atomic mass is 10.2. The highest BCUT2D eigenvalue weighted by Gasteiger charge is 2.17. The first-order valence-corrected chi connectivity index (χ1v) is 6.80. The molecule has 1 heterocycles. The fourth-order valence-electron chi connectivity index (χ4n) is 1.48. The van der Waals surface area contributed by atoms with Gasteiger partial charge in [0.25, 0.3) is 0 Å². The first-order chi connectivity index (χ1) is 9.60. The summed E-state index contributed by atoms with van der Waals surface area (Å²) in [6.45, 7) is 1.80. The van der Waals surface area contributed by atoms with Crippen molar-refractivity contribution in [3.8, 4) is 6.07 Å². The fraction of sp³-hybridized carbons (Fsp3) is 0.231. The lowest BCUT2D eigenvalue weighted by Crippen LogP contribution is -2.22. The summed E-state index contributed by atoms with van der Waals surface area (Å²) in [6, 6.07) is 8.77. The minimum Gasteiger partial charge on any atom is -0.325 e. The molecule has 1 amide bonds. The number of nitrogens with one attached hydrogen (secondary N) is 1. The predicted molar refractivity (Wildman–Crippen MR) is 76.1 cm³/mol. The molecule has 102 valence electrons. The third-order valence-corrected chi connectivity index (χ3v) is 3.75. The average Bonchev–Trinajstić information content (AvgIpc) is 2.85. The first kappa shape index (κ1) is 14.1. The van der Waals surface area contributed by atoms with Crippen LogP contribution in [0.5, 0.6) is 0 Å². The molecule has 1 aromatic carbocycles. The Balaban J connectivity index is 1.97. The number of benzene rings is 1. The van der Waals surface area contributed by atoms with E-state index in [2.05, 4.69) is 15.4 Å². The number of carbonyl (C=O) groups is 1. The van der Waals surface area contributed by atoms with Crippen LogP contribution in [0.4, 0.5) is 5.69 Å². The van der Waals surface area contributed by atoms with Gasteiger partial charge < -0.3 is 5.32 Å². The van der Waals surface area contributed by atoms with Gasteiger partial charge in [0.2, 0.25) is 5.91 Å². The lowest BCUT2D eigenvalue weighted by Gasteiger charge is -2.11. The molecule has 7 heteroatoms. The van der Waals surface area contributed by atoms with Crippen molar-refractivity contribution in [3.63, 3.8) is 0 Å². The fourth-order valence-corrected chi connectivity index (χ4v) is 2.27. The number of thioether (sulfide) groups is 1. The second kappa shape index (κ2) is 6.21. The number of amides is 1. The van der Waals surface area contributed by atoms with Gasteiger partial charge in [0.05, 0.1) is 16.9 Å². The molecule has 1 N–H and O–H groups in total. The molecule has 0 spiro atoms. The van der Waals surface area contributed by atoms with Gasteiger partial charge >= 0.3 is 0 Å². The molecule has 0 bridgehead atoms. The van der Waals surface area contributed by atoms with Crippen molar-refractivity contribution in [2.45, 2.75) is 17.3 Å². The van der Waals surface area contributed by atoms with E-state index in [0.717, 1.165) is 0 Å². The molecule has 1 unspecified atom stereocenters. The van der Waals surface area contributed by atoms with Gasteiger partial charge in [-0.2, -0.15) is 10.4 Å². The van der Waals surface area contributed by atoms with E-state index in [-0.39, 0.29) is 11.2 Å². The van der Waals surface area contributed by atoms with Crippen molar-refractivity contribution in [1.29, 1.82) is 5.26 Å². The number of nitriles is 1. The van der Waals surface area contributed by atoms with E-state index in [4.69, 9.17) is 5.26 Å². The Labute approximate surface area is 120 Å². The highest BCUT2D eigenvalue weighted by Crippen LogP contribution is 2.21. The van der Waals surface area contributed by atoms with Crippen LogP contribution in [0, 0.1) is 11.3 Å². The van der Waals surface area contributed by atoms with Gasteiger partial charge in [-0.05, 0) is 31.2 Å². The summed E-state index contributed by atoms with van der Waals surface area (Å²) < 4.78 is 1.62. The molecule has 0 aliphatic heterocycles. The molecule has 0 radical (unpaired) electrons. The summed E-state index contributed by atoms with van der Waals surface area (Å²) in [5.74, 6) is -0.122. The maximum absolute atomic E-state index is 12.1. The predicted octanol–water partition coefficient (Wildman–Crippen LogP) is 1.81. The number of hydrogen-bond donors (Lipinski definition) is 1. The highest BCUT2D eigenvalue weighted by atomic mass is 32.2. The van der Waals surface area contributed by atoms with E-state index >= 15 is 0 Å². The van der Waals surface area contributed by atoms with Crippen LogP contribution in [-0.4, -0.2) is 25.9 Å². The van der Waals surface area contributed by atoms with Gasteiger partial charge in [-0.25, -0.2) is 9.67 Å². The van der Waals surface area contributed by atoms with Crippen molar-refractivity contribution in [3.05, 3.63) is 36.2 Å². The molecule has 0 saturated heterocycles. The van der Waals surface area contributed by atoms with Crippen molar-refractivity contribution in [2.24, 2.45) is 7.05 Å². The summed E-state index contributed by atoms with van der Waals surface area (Å²) in [4.78, 5) is 16.1. The van der Waals surface area contributed by atoms with Crippen molar-refractivity contribution >= 4 is 23.4 Å². The smallest absolute Gasteiger partial charge is 0.237 e. The zero-order valence-electron chi connectivity index (χ0n) is 11.1. The molecule has 2 aromatic rings. The maximum Gasteiger partial charge on any atom is 0.237 e. The van der Waals surface area contributed by atoms with Crippen LogP contribution in [0.3, 0.4) is 0 Å². The summed E-state index contributed by atoms with van der Waals surface area (Å²) >= 11 is 1.34. The van der Waals surface area contributed by atoms with Crippen LogP contribution in [0.1, 0.15) is 12.5 Å². The van der Waals surface area contributed by atoms with Crippen LogP contribution in [0.2, 0.25) is 0 Å². The number of hydrogen-bond acceptors (Lipinski definition) is 5. The Kier molecular flexibility index (Phi) is 4.38. The molecule has 6 nitrogen and oxygen atoms in total. The monoisotopic (exact) mass is 287 g/mol. The molecule has 1 atom stereocenters. The van der Waals surface area contributed by atoms with Crippen molar-refractivity contribution in [1.82, 2.24) is 14.8 Å². The van der Waals surface area contributed by atoms with Gasteiger partial charge in [0, 0.05) is 12.7 Å². The third-order valence-electron chi connectivity index (χ3n) is 2.60. The minimum absolute atomic E-state index is 0.122. The largest absolute Gasteiger partial charge is 0.325 e. The summed E-state index contributed by atoms with van der Waals surface area (Å²) in [5, 5.41) is 15.9. The van der Waals surface area contributed by atoms with Crippen LogP contribution in [0.25, 0.3) is 0 Å². The van der Waals surface area contributed by atoms with Crippen LogP contribution < -0.4 is 5.32 Å². The Morgan fingerprint density at radius 3 is 2.70 bits per heavy atom. The zero-order valence-corrected chi connectivity index (χ0v) is 11.9. The number of rotatable bonds is 4. The Morgan fingerprint density at radius 1 is 1.45 bits per heavy atom. The number of aromatic nitrogens is 3. The van der Waals surface area contributed by atoms with E-state index < -0.39 is 0 Å². The molecule has 0 aliphatic carbocycles. The quantitative estimate of drug-likeness (QED) is 0.867. The van der Waals surface area contributed by atoms with Gasteiger partial charge in [-0.1, -0.05) is 11.8 Å². The number of aryl methyl sites for hydroxylation is 1. The standard InChI is InChI=1S/C13H13N5OS/c1-9(20-13-15-8-16-18(13)2)12(19)17-11-5-3-10(7-14)4-6-11/h3-6,8-9H,1-2H3,(H,17,19). The number of carbonyl (C=O) groups excluding carboxylic acids is 1. The van der Waals surface area contributed by atoms with Crippen LogP contribution >= 0.6 is 11.8 Å². The first-order valence-electron chi connectivity index (χ1n) is 5.92. The summed E-state index contributed by atoms with van der Waals surface area (Å²) in [5.41, 5.74) is 1.23. The van der Waals surface area contributed by atoms with Gasteiger partial charge in [0.1, 0.15) is 6.33 Å². The molecular weight excluding hydrogens is 274 g/mol. The normalized spacial score (nSPS) is 11.7. The van der Waals surface area contributed by atoms with Gasteiger partial charge in [-0.15, -0.1) is 0 Å². The van der Waals surface area contributed by atoms with Gasteiger partial charge in [-0.3, -0.25) is 4.79 Å². The highest BCUT2D eigenvalue weighted by molar-refractivity contribution is 8.00. The Hall–Kier alpha value is -2.33. The van der Waals surface area contributed by atoms with E-state index in [1.807, 2.05) is 6.07 Å². The van der Waals surface area contributed by atoms with E-state index in [1.165, 1.54) is 18.1 Å². The second-order valence-corrected chi connectivity index (χ2v) is 5.41. The minimum atomic E-state index is -0.298. The number of nitrogens with zero attached hydrogens (tertiary/aromatic N) is 4. The maximum atomic E-state index is 12.1. The zero-order chi connectivity index (χ0) is 14.5. The van der Waals surface area contributed by atoms with Crippen molar-refractivity contribution < 1.29 is 4.79 Å². The Bertz CT molecular complexity index is 644. The topological polar surface area (TPSA) is 83.6 Å². The molecule has 2 rings (SSSR count). The lowest BCUT2D eigenvalue weighted by molar-refractivity contribution is -0.115. The average molecular weight is 287 g/mol. The molecular formula is C13H13N5OS. The Morgan fingerprint density at radius 2 is 2.15 bits per heavy atom.